The first kappa shape index (κ1) is 26.8. The van der Waals surface area contributed by atoms with Crippen molar-refractivity contribution >= 4 is 45.2 Å². The van der Waals surface area contributed by atoms with Crippen LogP contribution in [0.2, 0.25) is 0 Å². The summed E-state index contributed by atoms with van der Waals surface area (Å²) in [5, 5.41) is 0. The molecule has 4 nitrogen and oxygen atoms in total. The van der Waals surface area contributed by atoms with Crippen LogP contribution in [0.25, 0.3) is 0 Å². The van der Waals surface area contributed by atoms with E-state index in [0.717, 1.165) is 24.3 Å². The van der Waals surface area contributed by atoms with Gasteiger partial charge in [-0.05, 0) is 18.2 Å². The normalized spacial score (nSPS) is 16.9. The minimum Gasteiger partial charge on any atom is -0.463 e. The maximum Gasteiger partial charge on any atom is 0.305 e. The Morgan fingerprint density at radius 2 is 1.46 bits per heavy atom. The molecule has 1 fully saturated rings. The second-order valence-electron chi connectivity index (χ2n) is 7.24. The van der Waals surface area contributed by atoms with Crippen LogP contribution in [0.15, 0.2) is 0 Å². The Morgan fingerprint density at radius 1 is 0.929 bits per heavy atom. The fourth-order valence-corrected chi connectivity index (χ4v) is 11.8. The maximum absolute atomic E-state index is 11.9. The molecule has 1 atom stereocenters. The van der Waals surface area contributed by atoms with Gasteiger partial charge in [0.1, 0.15) is 12.7 Å². The fraction of sp³-hybridized carbons (Fsp3) is 0.950. The largest absolute Gasteiger partial charge is 0.463 e. The first-order chi connectivity index (χ1) is 13.6. The van der Waals surface area contributed by atoms with Crippen LogP contribution < -0.4 is 0 Å². The Hall–Kier alpha value is 0.740. The summed E-state index contributed by atoms with van der Waals surface area (Å²) >= 11 is 9.05. The highest BCUT2D eigenvalue weighted by Crippen LogP contribution is 2.74. The van der Waals surface area contributed by atoms with E-state index in [2.05, 4.69) is 6.92 Å². The SMILES string of the molecule is CCCCCCCCCCCCCC(=O)OCC(COP1(=S)SCCS1)OC. The number of carbonyl (C=O) groups excluding carboxylic acids is 1. The van der Waals surface area contributed by atoms with Crippen molar-refractivity contribution in [3.63, 3.8) is 0 Å². The van der Waals surface area contributed by atoms with Crippen LogP contribution in [0.3, 0.4) is 0 Å². The summed E-state index contributed by atoms with van der Waals surface area (Å²) in [6, 6.07) is 0. The van der Waals surface area contributed by atoms with Crippen molar-refractivity contribution in [2.75, 3.05) is 31.8 Å². The molecule has 8 heteroatoms. The molecule has 0 N–H and O–H groups in total. The van der Waals surface area contributed by atoms with Gasteiger partial charge in [0.15, 0.2) is 4.67 Å². The highest BCUT2D eigenvalue weighted by molar-refractivity contribution is 9.00. The Bertz CT molecular complexity index is 441. The first-order valence-electron chi connectivity index (χ1n) is 10.8. The van der Waals surface area contributed by atoms with Crippen molar-refractivity contribution in [3.8, 4) is 0 Å². The zero-order valence-corrected chi connectivity index (χ0v) is 21.0. The smallest absolute Gasteiger partial charge is 0.305 e. The van der Waals surface area contributed by atoms with Crippen LogP contribution in [0.1, 0.15) is 84.0 Å². The molecule has 0 radical (unpaired) electrons. The van der Waals surface area contributed by atoms with Crippen molar-refractivity contribution in [2.24, 2.45) is 0 Å². The number of rotatable bonds is 18. The quantitative estimate of drug-likeness (QED) is 0.122. The summed E-state index contributed by atoms with van der Waals surface area (Å²) in [6.07, 6.45) is 14.3. The summed E-state index contributed by atoms with van der Waals surface area (Å²) < 4.78 is 14.8. The highest BCUT2D eigenvalue weighted by atomic mass is 33.2. The van der Waals surface area contributed by atoms with Crippen LogP contribution in [0, 0.1) is 0 Å². The molecule has 0 aromatic carbocycles. The maximum atomic E-state index is 11.9. The molecule has 166 valence electrons. The van der Waals surface area contributed by atoms with Gasteiger partial charge in [-0.3, -0.25) is 4.79 Å². The van der Waals surface area contributed by atoms with Crippen LogP contribution in [-0.2, 0) is 30.6 Å². The number of hydrogen-bond donors (Lipinski definition) is 0. The van der Waals surface area contributed by atoms with Gasteiger partial charge >= 0.3 is 5.97 Å². The lowest BCUT2D eigenvalue weighted by Crippen LogP contribution is -2.25. The summed E-state index contributed by atoms with van der Waals surface area (Å²) in [5.41, 5.74) is 0. The second kappa shape index (κ2) is 17.4. The highest BCUT2D eigenvalue weighted by Gasteiger charge is 2.26. The van der Waals surface area contributed by atoms with Gasteiger partial charge in [0.2, 0.25) is 0 Å². The number of hydrogen-bond acceptors (Lipinski definition) is 7. The lowest BCUT2D eigenvalue weighted by Gasteiger charge is -2.19. The monoisotopic (exact) mass is 470 g/mol. The van der Waals surface area contributed by atoms with Crippen LogP contribution in [0.5, 0.6) is 0 Å². The lowest BCUT2D eigenvalue weighted by molar-refractivity contribution is -0.148. The molecule has 0 aromatic rings. The van der Waals surface area contributed by atoms with E-state index < -0.39 is 4.67 Å². The minimum absolute atomic E-state index is 0.134. The number of unbranched alkanes of at least 4 members (excludes halogenated alkanes) is 10. The van der Waals surface area contributed by atoms with Gasteiger partial charge in [-0.1, -0.05) is 93.9 Å². The topological polar surface area (TPSA) is 44.8 Å². The van der Waals surface area contributed by atoms with E-state index >= 15 is 0 Å². The average molecular weight is 471 g/mol. The van der Waals surface area contributed by atoms with Crippen molar-refractivity contribution in [1.29, 1.82) is 0 Å². The molecule has 1 aliphatic heterocycles. The number of methoxy groups -OCH3 is 1. The Balaban J connectivity index is 1.94. The molecule has 1 rings (SSSR count). The molecule has 0 aromatic heterocycles. The molecule has 0 spiro atoms. The van der Waals surface area contributed by atoms with Gasteiger partial charge in [-0.25, -0.2) is 0 Å². The minimum atomic E-state index is -1.78. The Labute approximate surface area is 185 Å². The number of esters is 1. The molecule has 0 amide bonds. The van der Waals surface area contributed by atoms with E-state index in [4.69, 9.17) is 25.8 Å². The van der Waals surface area contributed by atoms with Crippen LogP contribution in [-0.4, -0.2) is 43.9 Å². The summed E-state index contributed by atoms with van der Waals surface area (Å²) in [4.78, 5) is 11.9. The average Bonchev–Trinajstić information content (AvgIpc) is 3.13. The van der Waals surface area contributed by atoms with Gasteiger partial charge in [0.25, 0.3) is 0 Å². The molecular weight excluding hydrogens is 431 g/mol. The Morgan fingerprint density at radius 3 is 2.00 bits per heavy atom. The molecule has 1 heterocycles. The standard InChI is InChI=1S/C20H39O4PS3/c1-3-4-5-6-7-8-9-10-11-12-13-14-20(21)23-17-19(22-2)18-24-25(26)27-15-16-28-25/h19H,3-18H2,1-2H3. The molecule has 28 heavy (non-hydrogen) atoms. The summed E-state index contributed by atoms with van der Waals surface area (Å²) in [7, 11) is 1.62. The third-order valence-electron chi connectivity index (χ3n) is 4.75. The van der Waals surface area contributed by atoms with E-state index in [1.165, 1.54) is 57.8 Å². The number of ether oxygens (including phenoxy) is 2. The van der Waals surface area contributed by atoms with Gasteiger partial charge in [-0.15, -0.1) is 0 Å². The van der Waals surface area contributed by atoms with E-state index in [1.807, 2.05) is 0 Å². The molecular formula is C20H39O4PS3. The van der Waals surface area contributed by atoms with E-state index in [1.54, 1.807) is 29.9 Å². The zero-order valence-electron chi connectivity index (χ0n) is 17.7. The first-order valence-corrected chi connectivity index (χ1v) is 16.7. The number of carbonyl (C=O) groups is 1. The summed E-state index contributed by atoms with van der Waals surface area (Å²) in [6.45, 7) is 2.91. The molecule has 0 saturated carbocycles. The third-order valence-corrected chi connectivity index (χ3v) is 14.6. The van der Waals surface area contributed by atoms with Gasteiger partial charge < -0.3 is 14.0 Å². The van der Waals surface area contributed by atoms with Gasteiger partial charge in [0, 0.05) is 25.0 Å². The predicted molar refractivity (Wildman–Crippen MR) is 128 cm³/mol. The molecule has 0 aliphatic carbocycles. The van der Waals surface area contributed by atoms with Crippen LogP contribution >= 0.6 is 27.4 Å². The van der Waals surface area contributed by atoms with E-state index in [-0.39, 0.29) is 18.7 Å². The summed E-state index contributed by atoms with van der Waals surface area (Å²) in [5.74, 6) is 1.99. The molecule has 1 aliphatic rings. The Kier molecular flexibility index (Phi) is 16.7. The predicted octanol–water partition coefficient (Wildman–Crippen LogP) is 6.97. The molecule has 1 saturated heterocycles. The van der Waals surface area contributed by atoms with Crippen LogP contribution in [0.4, 0.5) is 0 Å². The van der Waals surface area contributed by atoms with E-state index in [0.29, 0.717) is 13.0 Å². The van der Waals surface area contributed by atoms with E-state index in [9.17, 15) is 4.79 Å². The fourth-order valence-electron chi connectivity index (χ4n) is 2.96. The zero-order chi connectivity index (χ0) is 20.5. The van der Waals surface area contributed by atoms with Crippen molar-refractivity contribution in [1.82, 2.24) is 0 Å². The van der Waals surface area contributed by atoms with Crippen molar-refractivity contribution in [2.45, 2.75) is 90.1 Å². The third kappa shape index (κ3) is 13.9. The molecule has 1 unspecified atom stereocenters. The second-order valence-corrected chi connectivity index (χ2v) is 18.0. The lowest BCUT2D eigenvalue weighted by atomic mass is 10.1. The van der Waals surface area contributed by atoms with Crippen molar-refractivity contribution < 1.29 is 18.8 Å². The molecule has 0 bridgehead atoms. The van der Waals surface area contributed by atoms with Gasteiger partial charge in [-0.2, -0.15) is 0 Å². The van der Waals surface area contributed by atoms with Gasteiger partial charge in [0.05, 0.1) is 6.61 Å². The van der Waals surface area contributed by atoms with Crippen molar-refractivity contribution in [3.05, 3.63) is 0 Å².